The van der Waals surface area contributed by atoms with Crippen LogP contribution in [0.1, 0.15) is 30.2 Å². The van der Waals surface area contributed by atoms with Gasteiger partial charge in [0.2, 0.25) is 0 Å². The van der Waals surface area contributed by atoms with Crippen LogP contribution in [0.3, 0.4) is 0 Å². The number of rotatable bonds is 3. The molecule has 128 valence electrons. The molecule has 0 fully saturated rings. The first-order chi connectivity index (χ1) is 12.1. The Morgan fingerprint density at radius 2 is 2.32 bits per heavy atom. The first-order valence-electron chi connectivity index (χ1n) is 8.04. The van der Waals surface area contributed by atoms with Crippen molar-refractivity contribution in [2.75, 3.05) is 12.3 Å². The van der Waals surface area contributed by atoms with Crippen LogP contribution in [0, 0.1) is 0 Å². The number of hydrogen-bond donors (Lipinski definition) is 1. The van der Waals surface area contributed by atoms with Gasteiger partial charge in [0, 0.05) is 11.8 Å². The summed E-state index contributed by atoms with van der Waals surface area (Å²) in [7, 11) is 0. The molecule has 4 heterocycles. The topological polar surface area (TPSA) is 85.3 Å². The molecule has 25 heavy (non-hydrogen) atoms. The van der Waals surface area contributed by atoms with Gasteiger partial charge in [-0.15, -0.1) is 0 Å². The zero-order valence-electron chi connectivity index (χ0n) is 13.9. The van der Waals surface area contributed by atoms with Crippen LogP contribution in [0.15, 0.2) is 40.1 Å². The molecular formula is C17H17N5O2S. The number of nitrogens with zero attached hydrogens (tertiary/aromatic N) is 4. The van der Waals surface area contributed by atoms with E-state index < -0.39 is 0 Å². The molecule has 0 unspecified atom stereocenters. The van der Waals surface area contributed by atoms with Crippen LogP contribution >= 0.6 is 11.8 Å². The molecule has 0 saturated heterocycles. The van der Waals surface area contributed by atoms with Gasteiger partial charge in [-0.2, -0.15) is 5.10 Å². The number of nitrogens with one attached hydrogen (secondary N) is 1. The van der Waals surface area contributed by atoms with Crippen LogP contribution in [0.4, 0.5) is 0 Å². The number of aromatic nitrogens is 3. The summed E-state index contributed by atoms with van der Waals surface area (Å²) in [6.07, 6.45) is 3.28. The average Bonchev–Trinajstić information content (AvgIpc) is 3.34. The quantitative estimate of drug-likeness (QED) is 0.780. The molecule has 1 aliphatic heterocycles. The average molecular weight is 355 g/mol. The van der Waals surface area contributed by atoms with Gasteiger partial charge in [0.1, 0.15) is 5.69 Å². The second-order valence-corrected chi connectivity index (χ2v) is 7.03. The van der Waals surface area contributed by atoms with Crippen molar-refractivity contribution in [2.45, 2.75) is 19.9 Å². The molecule has 1 aliphatic rings. The van der Waals surface area contributed by atoms with Crippen molar-refractivity contribution in [3.8, 4) is 11.5 Å². The number of amidine groups is 1. The van der Waals surface area contributed by atoms with E-state index >= 15 is 0 Å². The Balaban J connectivity index is 1.85. The number of aliphatic imine (C=N–C) groups is 1. The number of furan rings is 1. The molecule has 0 radical (unpaired) electrons. The summed E-state index contributed by atoms with van der Waals surface area (Å²) in [5.74, 6) is 1.29. The summed E-state index contributed by atoms with van der Waals surface area (Å²) in [5.41, 5.74) is 1.78. The first-order valence-corrected chi connectivity index (χ1v) is 9.03. The van der Waals surface area contributed by atoms with Crippen molar-refractivity contribution >= 4 is 33.9 Å². The summed E-state index contributed by atoms with van der Waals surface area (Å²) in [5, 5.41) is 8.65. The monoisotopic (exact) mass is 355 g/mol. The summed E-state index contributed by atoms with van der Waals surface area (Å²) < 4.78 is 7.27. The smallest absolute Gasteiger partial charge is 0.258 e. The van der Waals surface area contributed by atoms with E-state index in [9.17, 15) is 4.79 Å². The van der Waals surface area contributed by atoms with Crippen molar-refractivity contribution in [2.24, 2.45) is 4.99 Å². The van der Waals surface area contributed by atoms with Gasteiger partial charge in [0.15, 0.2) is 16.6 Å². The van der Waals surface area contributed by atoms with E-state index in [1.54, 1.807) is 41.0 Å². The third kappa shape index (κ3) is 2.93. The van der Waals surface area contributed by atoms with Crippen molar-refractivity contribution in [3.05, 3.63) is 36.2 Å². The third-order valence-corrected chi connectivity index (χ3v) is 4.77. The van der Waals surface area contributed by atoms with Gasteiger partial charge < -0.3 is 9.73 Å². The molecule has 0 spiro atoms. The SMILES string of the molecule is CC(C)n1ncc2c(C(=O)NC3=NCCS3)cc(-c3ccco3)nc21. The fourth-order valence-corrected chi connectivity index (χ4v) is 3.43. The summed E-state index contributed by atoms with van der Waals surface area (Å²) in [6, 6.07) is 5.48. The van der Waals surface area contributed by atoms with Crippen molar-refractivity contribution in [1.29, 1.82) is 0 Å². The lowest BCUT2D eigenvalue weighted by Crippen LogP contribution is -2.27. The Labute approximate surface area is 148 Å². The Morgan fingerprint density at radius 1 is 1.44 bits per heavy atom. The van der Waals surface area contributed by atoms with E-state index in [0.29, 0.717) is 33.2 Å². The van der Waals surface area contributed by atoms with Gasteiger partial charge in [-0.1, -0.05) is 11.8 Å². The minimum atomic E-state index is -0.211. The van der Waals surface area contributed by atoms with Crippen LogP contribution in [-0.4, -0.2) is 38.1 Å². The molecule has 0 bridgehead atoms. The van der Waals surface area contributed by atoms with Crippen LogP contribution in [0.25, 0.3) is 22.5 Å². The zero-order chi connectivity index (χ0) is 17.4. The molecule has 3 aromatic heterocycles. The molecule has 3 aromatic rings. The van der Waals surface area contributed by atoms with Crippen molar-refractivity contribution in [3.63, 3.8) is 0 Å². The maximum atomic E-state index is 12.8. The van der Waals surface area contributed by atoms with E-state index in [1.165, 1.54) is 0 Å². The number of carbonyl (C=O) groups excluding carboxylic acids is 1. The van der Waals surface area contributed by atoms with Crippen LogP contribution < -0.4 is 5.32 Å². The largest absolute Gasteiger partial charge is 0.463 e. The standard InChI is InChI=1S/C17H17N5O2S/c1-10(2)22-15-12(9-19-22)11(16(23)21-17-18-5-7-25-17)8-13(20-15)14-4-3-6-24-14/h3-4,6,8-10H,5,7H2,1-2H3,(H,18,21,23). The minimum absolute atomic E-state index is 0.127. The molecule has 0 aliphatic carbocycles. The normalized spacial score (nSPS) is 14.3. The minimum Gasteiger partial charge on any atom is -0.463 e. The Kier molecular flexibility index (Phi) is 4.04. The number of hydrogen-bond acceptors (Lipinski definition) is 6. The zero-order valence-corrected chi connectivity index (χ0v) is 14.7. The van der Waals surface area contributed by atoms with E-state index in [0.717, 1.165) is 12.3 Å². The third-order valence-electron chi connectivity index (χ3n) is 3.88. The molecular weight excluding hydrogens is 338 g/mol. The second kappa shape index (κ2) is 6.36. The van der Waals surface area contributed by atoms with Crippen LogP contribution in [-0.2, 0) is 0 Å². The van der Waals surface area contributed by atoms with Gasteiger partial charge in [-0.05, 0) is 32.0 Å². The molecule has 8 heteroatoms. The Bertz CT molecular complexity index is 959. The highest BCUT2D eigenvalue weighted by Gasteiger charge is 2.21. The van der Waals surface area contributed by atoms with Gasteiger partial charge in [0.05, 0.1) is 30.0 Å². The first kappa shape index (κ1) is 15.9. The van der Waals surface area contributed by atoms with Gasteiger partial charge in [-0.25, -0.2) is 9.67 Å². The number of fused-ring (bicyclic) bond motifs is 1. The van der Waals surface area contributed by atoms with Crippen LogP contribution in [0.5, 0.6) is 0 Å². The summed E-state index contributed by atoms with van der Waals surface area (Å²) >= 11 is 1.55. The molecule has 1 N–H and O–H groups in total. The van der Waals surface area contributed by atoms with E-state index in [4.69, 9.17) is 4.42 Å². The van der Waals surface area contributed by atoms with E-state index in [-0.39, 0.29) is 11.9 Å². The number of carbonyl (C=O) groups is 1. The number of pyridine rings is 1. The van der Waals surface area contributed by atoms with Gasteiger partial charge in [-0.3, -0.25) is 9.79 Å². The summed E-state index contributed by atoms with van der Waals surface area (Å²) in [6.45, 7) is 4.78. The molecule has 0 saturated carbocycles. The Morgan fingerprint density at radius 3 is 3.00 bits per heavy atom. The molecule has 0 aromatic carbocycles. The van der Waals surface area contributed by atoms with Crippen molar-refractivity contribution in [1.82, 2.24) is 20.1 Å². The maximum Gasteiger partial charge on any atom is 0.258 e. The van der Waals surface area contributed by atoms with Gasteiger partial charge >= 0.3 is 0 Å². The Hall–Kier alpha value is -2.61. The molecule has 4 rings (SSSR count). The fraction of sp³-hybridized carbons (Fsp3) is 0.294. The number of thioether (sulfide) groups is 1. The second-order valence-electron chi connectivity index (χ2n) is 5.94. The van der Waals surface area contributed by atoms with E-state index in [1.807, 2.05) is 19.9 Å². The molecule has 0 atom stereocenters. The molecule has 1 amide bonds. The lowest BCUT2D eigenvalue weighted by atomic mass is 10.1. The summed E-state index contributed by atoms with van der Waals surface area (Å²) in [4.78, 5) is 21.8. The highest BCUT2D eigenvalue weighted by atomic mass is 32.2. The predicted octanol–water partition coefficient (Wildman–Crippen LogP) is 3.10. The fourth-order valence-electron chi connectivity index (χ4n) is 2.71. The van der Waals surface area contributed by atoms with E-state index in [2.05, 4.69) is 20.4 Å². The van der Waals surface area contributed by atoms with Gasteiger partial charge in [0.25, 0.3) is 5.91 Å². The van der Waals surface area contributed by atoms with Crippen LogP contribution in [0.2, 0.25) is 0 Å². The predicted molar refractivity (Wildman–Crippen MR) is 97.8 cm³/mol. The molecule has 7 nitrogen and oxygen atoms in total. The highest BCUT2D eigenvalue weighted by molar-refractivity contribution is 8.14. The lowest BCUT2D eigenvalue weighted by molar-refractivity contribution is 0.0979. The lowest BCUT2D eigenvalue weighted by Gasteiger charge is -2.10. The number of amides is 1. The maximum absolute atomic E-state index is 12.8. The van der Waals surface area contributed by atoms with Crippen molar-refractivity contribution < 1.29 is 9.21 Å². The highest BCUT2D eigenvalue weighted by Crippen LogP contribution is 2.26.